The standard InChI is InChI=1S/C27H33N3O7/c1-10(2)21(31)14-9-15(29(3)4)12-7-11-8-13-18(24(34)16(11)23(33)17(12)22(14)32)25(35)19(27(28)37)26(36)20(13)30(5)6/h9-11,13,18,20,32-33,36H,7-8H2,1-6H3,(H2,28,37)/t11?,13?,18?,20-/m0/s1. The van der Waals surface area contributed by atoms with E-state index < -0.39 is 70.0 Å². The van der Waals surface area contributed by atoms with Crippen LogP contribution in [0.25, 0.3) is 5.76 Å². The average Bonchev–Trinajstić information content (AvgIpc) is 2.77. The number of primary amides is 1. The number of hydrogen-bond donors (Lipinski definition) is 4. The molecule has 0 spiro atoms. The number of nitrogens with zero attached hydrogens (tertiary/aromatic N) is 2. The molecular weight excluding hydrogens is 478 g/mol. The number of amides is 1. The van der Waals surface area contributed by atoms with E-state index in [4.69, 9.17) is 5.73 Å². The number of aliphatic hydroxyl groups is 2. The Morgan fingerprint density at radius 3 is 2.19 bits per heavy atom. The zero-order chi connectivity index (χ0) is 27.7. The summed E-state index contributed by atoms with van der Waals surface area (Å²) in [6, 6.07) is 0.801. The molecule has 1 aromatic carbocycles. The van der Waals surface area contributed by atoms with Crippen LogP contribution >= 0.6 is 0 Å². The molecular formula is C27H33N3O7. The molecule has 10 nitrogen and oxygen atoms in total. The fraction of sp³-hybridized carbons (Fsp3) is 0.481. The quantitative estimate of drug-likeness (QED) is 0.262. The third-order valence-corrected chi connectivity index (χ3v) is 7.81. The molecule has 0 aliphatic heterocycles. The van der Waals surface area contributed by atoms with Crippen molar-refractivity contribution in [3.63, 3.8) is 0 Å². The molecule has 1 aromatic rings. The number of nitrogens with two attached hydrogens (primary N) is 1. The van der Waals surface area contributed by atoms with E-state index in [9.17, 15) is 34.5 Å². The van der Waals surface area contributed by atoms with E-state index in [1.54, 1.807) is 57.9 Å². The van der Waals surface area contributed by atoms with Crippen molar-refractivity contribution in [1.82, 2.24) is 4.90 Å². The zero-order valence-corrected chi connectivity index (χ0v) is 21.8. The predicted octanol–water partition coefficient (Wildman–Crippen LogP) is 1.75. The minimum absolute atomic E-state index is 0.00850. The smallest absolute Gasteiger partial charge is 0.255 e. The Balaban J connectivity index is 1.95. The van der Waals surface area contributed by atoms with Gasteiger partial charge in [0, 0.05) is 31.3 Å². The van der Waals surface area contributed by atoms with Crippen molar-refractivity contribution in [1.29, 1.82) is 0 Å². The number of Topliss-reactive ketones (excluding diaryl/α,β-unsaturated/α-hetero) is 3. The topological polar surface area (TPSA) is 161 Å². The molecule has 1 saturated carbocycles. The number of aromatic hydroxyl groups is 1. The third-order valence-electron chi connectivity index (χ3n) is 7.81. The molecule has 0 saturated heterocycles. The number of aliphatic hydroxyl groups excluding tert-OH is 2. The highest BCUT2D eigenvalue weighted by Gasteiger charge is 2.56. The zero-order valence-electron chi connectivity index (χ0n) is 21.8. The molecule has 198 valence electrons. The third kappa shape index (κ3) is 3.81. The summed E-state index contributed by atoms with van der Waals surface area (Å²) in [6.07, 6.45) is 0.530. The van der Waals surface area contributed by atoms with Crippen LogP contribution in [0.1, 0.15) is 41.8 Å². The van der Waals surface area contributed by atoms with Gasteiger partial charge in [-0.25, -0.2) is 0 Å². The number of rotatable bonds is 5. The van der Waals surface area contributed by atoms with Crippen molar-refractivity contribution in [2.24, 2.45) is 29.4 Å². The largest absolute Gasteiger partial charge is 0.510 e. The van der Waals surface area contributed by atoms with E-state index in [1.165, 1.54) is 0 Å². The fourth-order valence-electron chi connectivity index (χ4n) is 6.21. The average molecular weight is 512 g/mol. The second kappa shape index (κ2) is 9.02. The lowest BCUT2D eigenvalue weighted by molar-refractivity contribution is -0.136. The van der Waals surface area contributed by atoms with Crippen molar-refractivity contribution < 1.29 is 34.5 Å². The number of phenols is 1. The van der Waals surface area contributed by atoms with Crippen LogP contribution in [0, 0.1) is 23.7 Å². The molecule has 10 heteroatoms. The molecule has 3 unspecified atom stereocenters. The first kappa shape index (κ1) is 26.4. The summed E-state index contributed by atoms with van der Waals surface area (Å²) in [5.74, 6) is -7.22. The predicted molar refractivity (Wildman–Crippen MR) is 136 cm³/mol. The van der Waals surface area contributed by atoms with Gasteiger partial charge in [-0.2, -0.15) is 0 Å². The molecule has 1 fully saturated rings. The molecule has 1 amide bonds. The lowest BCUT2D eigenvalue weighted by Crippen LogP contribution is -2.55. The van der Waals surface area contributed by atoms with Gasteiger partial charge in [-0.05, 0) is 50.4 Å². The maximum atomic E-state index is 13.9. The number of anilines is 1. The van der Waals surface area contributed by atoms with E-state index in [0.29, 0.717) is 11.3 Å². The van der Waals surface area contributed by atoms with Gasteiger partial charge in [0.05, 0.1) is 23.1 Å². The van der Waals surface area contributed by atoms with Crippen molar-refractivity contribution in [2.75, 3.05) is 33.1 Å². The Morgan fingerprint density at radius 1 is 1.05 bits per heavy atom. The van der Waals surface area contributed by atoms with Gasteiger partial charge in [0.1, 0.15) is 22.8 Å². The number of carbonyl (C=O) groups excluding carboxylic acids is 4. The number of hydrogen-bond acceptors (Lipinski definition) is 9. The van der Waals surface area contributed by atoms with Crippen molar-refractivity contribution >= 4 is 34.7 Å². The van der Waals surface area contributed by atoms with Gasteiger partial charge in [0.15, 0.2) is 17.3 Å². The number of carbonyl (C=O) groups is 4. The molecule has 4 rings (SSSR count). The maximum absolute atomic E-state index is 13.9. The monoisotopic (exact) mass is 511 g/mol. The lowest BCUT2D eigenvalue weighted by atomic mass is 9.59. The normalized spacial score (nSPS) is 25.3. The molecule has 0 aromatic heterocycles. The van der Waals surface area contributed by atoms with E-state index in [-0.39, 0.29) is 35.3 Å². The summed E-state index contributed by atoms with van der Waals surface area (Å²) in [7, 11) is 6.91. The summed E-state index contributed by atoms with van der Waals surface area (Å²) in [6.45, 7) is 3.40. The number of phenolic OH excluding ortho intramolecular Hbond substituents is 1. The van der Waals surface area contributed by atoms with Gasteiger partial charge in [0.25, 0.3) is 5.91 Å². The van der Waals surface area contributed by atoms with Crippen LogP contribution in [0.4, 0.5) is 5.69 Å². The second-order valence-electron chi connectivity index (χ2n) is 10.9. The SMILES string of the molecule is CC(C)C(=O)c1cc(N(C)C)c2c(c1O)C(O)=C1C(=O)C3C(=O)C(C(N)=O)=C(O)[C@@H](N(C)C)C3CC1C2. The molecule has 3 aliphatic carbocycles. The first-order chi connectivity index (χ1) is 17.2. The van der Waals surface area contributed by atoms with Crippen molar-refractivity contribution in [2.45, 2.75) is 32.7 Å². The molecule has 37 heavy (non-hydrogen) atoms. The minimum Gasteiger partial charge on any atom is -0.510 e. The van der Waals surface area contributed by atoms with Crippen LogP contribution < -0.4 is 10.6 Å². The number of likely N-dealkylation sites (N-methyl/N-ethyl adjacent to an activating group) is 1. The van der Waals surface area contributed by atoms with Gasteiger partial charge in [-0.15, -0.1) is 0 Å². The van der Waals surface area contributed by atoms with Crippen LogP contribution in [0.5, 0.6) is 5.75 Å². The highest BCUT2D eigenvalue weighted by molar-refractivity contribution is 6.28. The molecule has 0 radical (unpaired) electrons. The summed E-state index contributed by atoms with van der Waals surface area (Å²) >= 11 is 0. The van der Waals surface area contributed by atoms with Gasteiger partial charge in [0.2, 0.25) is 0 Å². The number of ketones is 3. The first-order valence-electron chi connectivity index (χ1n) is 12.2. The lowest BCUT2D eigenvalue weighted by Gasteiger charge is -2.46. The van der Waals surface area contributed by atoms with E-state index in [2.05, 4.69) is 0 Å². The molecule has 5 N–H and O–H groups in total. The molecule has 3 aliphatic rings. The molecule has 0 heterocycles. The summed E-state index contributed by atoms with van der Waals surface area (Å²) < 4.78 is 0. The highest BCUT2D eigenvalue weighted by Crippen LogP contribution is 2.52. The van der Waals surface area contributed by atoms with Gasteiger partial charge in [-0.1, -0.05) is 13.8 Å². The number of benzene rings is 1. The summed E-state index contributed by atoms with van der Waals surface area (Å²) in [4.78, 5) is 55.5. The van der Waals surface area contributed by atoms with Crippen molar-refractivity contribution in [3.8, 4) is 5.75 Å². The fourth-order valence-corrected chi connectivity index (χ4v) is 6.21. The Bertz CT molecular complexity index is 1310. The Labute approximate surface area is 215 Å². The van der Waals surface area contributed by atoms with Crippen LogP contribution in [0.2, 0.25) is 0 Å². The van der Waals surface area contributed by atoms with Crippen LogP contribution in [-0.4, -0.2) is 77.7 Å². The Kier molecular flexibility index (Phi) is 6.44. The van der Waals surface area contributed by atoms with Crippen LogP contribution in [0.3, 0.4) is 0 Å². The van der Waals surface area contributed by atoms with E-state index in [1.807, 2.05) is 0 Å². The van der Waals surface area contributed by atoms with E-state index in [0.717, 1.165) is 0 Å². The second-order valence-corrected chi connectivity index (χ2v) is 10.9. The summed E-state index contributed by atoms with van der Waals surface area (Å²) in [5.41, 5.74) is 6.03. The summed E-state index contributed by atoms with van der Waals surface area (Å²) in [5, 5.41) is 33.4. The Morgan fingerprint density at radius 2 is 1.68 bits per heavy atom. The van der Waals surface area contributed by atoms with Crippen LogP contribution in [-0.2, 0) is 20.8 Å². The number of fused-ring (bicyclic) bond motifs is 3. The highest BCUT2D eigenvalue weighted by atomic mass is 16.3. The van der Waals surface area contributed by atoms with Crippen LogP contribution in [0.15, 0.2) is 23.0 Å². The van der Waals surface area contributed by atoms with Gasteiger partial charge < -0.3 is 26.0 Å². The van der Waals surface area contributed by atoms with E-state index >= 15 is 0 Å². The van der Waals surface area contributed by atoms with Gasteiger partial charge >= 0.3 is 0 Å². The Hall–Kier alpha value is -3.66. The molecule has 4 atom stereocenters. The van der Waals surface area contributed by atoms with Gasteiger partial charge in [-0.3, -0.25) is 24.1 Å². The number of allylic oxidation sites excluding steroid dienone is 1. The maximum Gasteiger partial charge on any atom is 0.255 e. The molecule has 0 bridgehead atoms. The minimum atomic E-state index is -1.32. The first-order valence-corrected chi connectivity index (χ1v) is 12.2. The van der Waals surface area contributed by atoms with Crippen molar-refractivity contribution in [3.05, 3.63) is 39.7 Å².